The summed E-state index contributed by atoms with van der Waals surface area (Å²) in [6, 6.07) is 0.528. The molecule has 0 aliphatic carbocycles. The molecule has 0 bridgehead atoms. The molecule has 2 atom stereocenters. The molecular weight excluding hydrogens is 230 g/mol. The van der Waals surface area contributed by atoms with E-state index in [-0.39, 0.29) is 0 Å². The summed E-state index contributed by atoms with van der Waals surface area (Å²) >= 11 is 2.03. The Morgan fingerprint density at radius 2 is 2.12 bits per heavy atom. The first-order valence-corrected chi connectivity index (χ1v) is 7.92. The molecule has 1 heterocycles. The zero-order chi connectivity index (χ0) is 13.1. The van der Waals surface area contributed by atoms with E-state index in [0.29, 0.717) is 23.9 Å². The number of aliphatic hydroxyl groups is 1. The van der Waals surface area contributed by atoms with Crippen molar-refractivity contribution >= 4 is 11.8 Å². The molecule has 1 aliphatic heterocycles. The van der Waals surface area contributed by atoms with Crippen molar-refractivity contribution in [2.45, 2.75) is 59.1 Å². The molecular formula is C14H29NOS. The van der Waals surface area contributed by atoms with Gasteiger partial charge in [0.25, 0.3) is 0 Å². The average Bonchev–Trinajstić information content (AvgIpc) is 2.13. The summed E-state index contributed by atoms with van der Waals surface area (Å²) in [5.74, 6) is 2.98. The van der Waals surface area contributed by atoms with Gasteiger partial charge in [-0.2, -0.15) is 11.8 Å². The molecule has 0 radical (unpaired) electrons. The molecule has 0 aromatic rings. The van der Waals surface area contributed by atoms with E-state index in [1.165, 1.54) is 17.9 Å². The topological polar surface area (TPSA) is 32.3 Å². The highest BCUT2D eigenvalue weighted by molar-refractivity contribution is 7.99. The molecule has 2 unspecified atom stereocenters. The zero-order valence-electron chi connectivity index (χ0n) is 12.0. The summed E-state index contributed by atoms with van der Waals surface area (Å²) in [6.07, 6.45) is 2.13. The van der Waals surface area contributed by atoms with Gasteiger partial charge >= 0.3 is 0 Å². The maximum Gasteiger partial charge on any atom is 0.0746 e. The fourth-order valence-corrected chi connectivity index (χ4v) is 4.21. The van der Waals surface area contributed by atoms with Gasteiger partial charge in [0.2, 0.25) is 0 Å². The molecule has 1 fully saturated rings. The smallest absolute Gasteiger partial charge is 0.0746 e. The van der Waals surface area contributed by atoms with Crippen molar-refractivity contribution in [3.05, 3.63) is 0 Å². The van der Waals surface area contributed by atoms with Crippen molar-refractivity contribution in [2.75, 3.05) is 18.1 Å². The lowest BCUT2D eigenvalue weighted by molar-refractivity contribution is 0.0316. The highest BCUT2D eigenvalue weighted by Gasteiger charge is 2.33. The van der Waals surface area contributed by atoms with Crippen molar-refractivity contribution in [2.24, 2.45) is 11.3 Å². The maximum atomic E-state index is 10.3. The number of rotatable bonds is 5. The molecule has 2 nitrogen and oxygen atoms in total. The van der Waals surface area contributed by atoms with Crippen molar-refractivity contribution < 1.29 is 5.11 Å². The van der Waals surface area contributed by atoms with Gasteiger partial charge in [0.1, 0.15) is 0 Å². The Bertz CT molecular complexity index is 238. The third kappa shape index (κ3) is 5.19. The first-order valence-electron chi connectivity index (χ1n) is 6.76. The van der Waals surface area contributed by atoms with E-state index in [2.05, 4.69) is 33.0 Å². The van der Waals surface area contributed by atoms with Crippen LogP contribution < -0.4 is 5.32 Å². The van der Waals surface area contributed by atoms with Crippen LogP contribution in [0.15, 0.2) is 0 Å². The van der Waals surface area contributed by atoms with Crippen LogP contribution in [0.25, 0.3) is 0 Å². The fourth-order valence-electron chi connectivity index (χ4n) is 2.57. The van der Waals surface area contributed by atoms with Gasteiger partial charge in [-0.15, -0.1) is 0 Å². The molecule has 102 valence electrons. The predicted molar refractivity (Wildman–Crippen MR) is 77.6 cm³/mol. The molecule has 0 aromatic carbocycles. The van der Waals surface area contributed by atoms with Gasteiger partial charge < -0.3 is 10.4 Å². The van der Waals surface area contributed by atoms with Crippen LogP contribution in [0.4, 0.5) is 0 Å². The minimum Gasteiger partial charge on any atom is -0.389 e. The first kappa shape index (κ1) is 15.3. The van der Waals surface area contributed by atoms with Crippen LogP contribution in [0.3, 0.4) is 0 Å². The van der Waals surface area contributed by atoms with Gasteiger partial charge in [-0.05, 0) is 36.9 Å². The van der Waals surface area contributed by atoms with Gasteiger partial charge in [-0.25, -0.2) is 0 Å². The normalized spacial score (nSPS) is 28.1. The third-order valence-corrected chi connectivity index (χ3v) is 4.76. The lowest BCUT2D eigenvalue weighted by Gasteiger charge is -2.40. The number of nitrogens with one attached hydrogen (secondary N) is 1. The van der Waals surface area contributed by atoms with E-state index in [1.807, 2.05) is 18.7 Å². The maximum absolute atomic E-state index is 10.3. The van der Waals surface area contributed by atoms with Gasteiger partial charge in [-0.1, -0.05) is 27.7 Å². The fraction of sp³-hybridized carbons (Fsp3) is 1.00. The summed E-state index contributed by atoms with van der Waals surface area (Å²) in [7, 11) is 0. The van der Waals surface area contributed by atoms with E-state index in [9.17, 15) is 5.11 Å². The second-order valence-corrected chi connectivity index (χ2v) is 7.99. The lowest BCUT2D eigenvalue weighted by Crippen LogP contribution is -2.51. The van der Waals surface area contributed by atoms with Crippen molar-refractivity contribution in [3.8, 4) is 0 Å². The highest BCUT2D eigenvalue weighted by Crippen LogP contribution is 2.34. The SMILES string of the molecule is CC(C)CC(C)(O)CNC1CSCCC1(C)C. The van der Waals surface area contributed by atoms with Crippen LogP contribution >= 0.6 is 11.8 Å². The molecule has 1 rings (SSSR count). The molecule has 1 saturated heterocycles. The Morgan fingerprint density at radius 3 is 2.65 bits per heavy atom. The summed E-state index contributed by atoms with van der Waals surface area (Å²) in [5, 5.41) is 13.9. The van der Waals surface area contributed by atoms with E-state index in [4.69, 9.17) is 0 Å². The van der Waals surface area contributed by atoms with Crippen molar-refractivity contribution in [1.29, 1.82) is 0 Å². The van der Waals surface area contributed by atoms with Crippen LogP contribution in [-0.4, -0.2) is 34.8 Å². The Morgan fingerprint density at radius 1 is 1.47 bits per heavy atom. The molecule has 17 heavy (non-hydrogen) atoms. The van der Waals surface area contributed by atoms with E-state index in [1.54, 1.807) is 0 Å². The standard InChI is InChI=1S/C14H29NOS/c1-11(2)8-14(5,16)10-15-12-9-17-7-6-13(12,3)4/h11-12,15-16H,6-10H2,1-5H3. The van der Waals surface area contributed by atoms with Crippen LogP contribution in [0, 0.1) is 11.3 Å². The second kappa shape index (κ2) is 5.94. The number of hydrogen-bond acceptors (Lipinski definition) is 3. The Balaban J connectivity index is 2.43. The zero-order valence-corrected chi connectivity index (χ0v) is 12.9. The van der Waals surface area contributed by atoms with Crippen molar-refractivity contribution in [3.63, 3.8) is 0 Å². The monoisotopic (exact) mass is 259 g/mol. The van der Waals surface area contributed by atoms with Gasteiger partial charge in [0, 0.05) is 18.3 Å². The van der Waals surface area contributed by atoms with E-state index in [0.717, 1.165) is 6.42 Å². The molecule has 2 N–H and O–H groups in total. The molecule has 0 saturated carbocycles. The van der Waals surface area contributed by atoms with Crippen LogP contribution in [0.1, 0.15) is 47.5 Å². The Hall–Kier alpha value is 0.270. The minimum atomic E-state index is -0.577. The Kier molecular flexibility index (Phi) is 5.36. The van der Waals surface area contributed by atoms with Crippen LogP contribution in [0.2, 0.25) is 0 Å². The summed E-state index contributed by atoms with van der Waals surface area (Å²) in [6.45, 7) is 11.6. The van der Waals surface area contributed by atoms with Crippen LogP contribution in [0.5, 0.6) is 0 Å². The summed E-state index contributed by atoms with van der Waals surface area (Å²) in [5.41, 5.74) is -0.217. The highest BCUT2D eigenvalue weighted by atomic mass is 32.2. The third-order valence-electron chi connectivity index (χ3n) is 3.70. The summed E-state index contributed by atoms with van der Waals surface area (Å²) in [4.78, 5) is 0. The van der Waals surface area contributed by atoms with Gasteiger partial charge in [0.05, 0.1) is 5.60 Å². The quantitative estimate of drug-likeness (QED) is 0.796. The molecule has 3 heteroatoms. The average molecular weight is 259 g/mol. The van der Waals surface area contributed by atoms with Gasteiger partial charge in [0.15, 0.2) is 0 Å². The molecule has 1 aliphatic rings. The van der Waals surface area contributed by atoms with E-state index >= 15 is 0 Å². The Labute approximate surface area is 111 Å². The largest absolute Gasteiger partial charge is 0.389 e. The van der Waals surface area contributed by atoms with Crippen LogP contribution in [-0.2, 0) is 0 Å². The lowest BCUT2D eigenvalue weighted by atomic mass is 9.82. The van der Waals surface area contributed by atoms with Crippen molar-refractivity contribution in [1.82, 2.24) is 5.32 Å². The minimum absolute atomic E-state index is 0.360. The predicted octanol–water partition coefficient (Wildman–Crippen LogP) is 2.90. The molecule has 0 aromatic heterocycles. The van der Waals surface area contributed by atoms with Gasteiger partial charge in [-0.3, -0.25) is 0 Å². The second-order valence-electron chi connectivity index (χ2n) is 6.84. The van der Waals surface area contributed by atoms with E-state index < -0.39 is 5.60 Å². The summed E-state index contributed by atoms with van der Waals surface area (Å²) < 4.78 is 0. The molecule has 0 amide bonds. The number of thioether (sulfide) groups is 1. The number of hydrogen-bond donors (Lipinski definition) is 2. The first-order chi connectivity index (χ1) is 7.73. The molecule has 0 spiro atoms.